The number of nitrogens with one attached hydrogen (secondary N) is 1. The summed E-state index contributed by atoms with van der Waals surface area (Å²) in [6.45, 7) is 1.64. The fourth-order valence-electron chi connectivity index (χ4n) is 2.62. The van der Waals surface area contributed by atoms with Crippen LogP contribution in [0.5, 0.6) is 0 Å². The summed E-state index contributed by atoms with van der Waals surface area (Å²) in [7, 11) is 0. The Morgan fingerprint density at radius 3 is 2.57 bits per heavy atom. The van der Waals surface area contributed by atoms with Crippen molar-refractivity contribution in [1.29, 1.82) is 0 Å². The fourth-order valence-corrected chi connectivity index (χ4v) is 3.01. The van der Waals surface area contributed by atoms with Crippen LogP contribution in [0.25, 0.3) is 17.4 Å². The van der Waals surface area contributed by atoms with Crippen molar-refractivity contribution in [2.75, 3.05) is 5.32 Å². The van der Waals surface area contributed by atoms with Gasteiger partial charge in [0.05, 0.1) is 15.6 Å². The number of rotatable bonds is 5. The summed E-state index contributed by atoms with van der Waals surface area (Å²) in [5.74, 6) is -0.480. The predicted octanol–water partition coefficient (Wildman–Crippen LogP) is 5.91. The van der Waals surface area contributed by atoms with Crippen molar-refractivity contribution in [2.24, 2.45) is 0 Å². The molecule has 0 aliphatic heterocycles. The van der Waals surface area contributed by atoms with E-state index in [1.807, 2.05) is 0 Å². The second-order valence-corrected chi connectivity index (χ2v) is 6.69. The summed E-state index contributed by atoms with van der Waals surface area (Å²) in [5.41, 5.74) is 1.70. The molecule has 0 spiro atoms. The van der Waals surface area contributed by atoms with Crippen molar-refractivity contribution in [2.45, 2.75) is 6.92 Å². The second kappa shape index (κ2) is 8.33. The van der Waals surface area contributed by atoms with E-state index in [4.69, 9.17) is 32.7 Å². The number of hydrogen-bond acceptors (Lipinski definition) is 3. The van der Waals surface area contributed by atoms with E-state index in [9.17, 15) is 9.59 Å². The number of amides is 1. The highest BCUT2D eigenvalue weighted by Crippen LogP contribution is 2.34. The molecule has 0 fully saturated rings. The fraction of sp³-hybridized carbons (Fsp3) is 0.0476. The molecule has 3 aromatic rings. The Labute approximate surface area is 171 Å². The molecule has 7 heteroatoms. The smallest absolute Gasteiger partial charge is 0.336 e. The molecule has 0 aliphatic rings. The van der Waals surface area contributed by atoms with Gasteiger partial charge in [0.1, 0.15) is 11.5 Å². The quantitative estimate of drug-likeness (QED) is 0.507. The lowest BCUT2D eigenvalue weighted by atomic mass is 10.1. The topological polar surface area (TPSA) is 79.5 Å². The average Bonchev–Trinajstić information content (AvgIpc) is 3.12. The number of carbonyl (C=O) groups excluding carboxylic acids is 1. The van der Waals surface area contributed by atoms with Crippen molar-refractivity contribution >= 4 is 46.8 Å². The highest BCUT2D eigenvalue weighted by molar-refractivity contribution is 6.43. The Morgan fingerprint density at radius 2 is 1.82 bits per heavy atom. The van der Waals surface area contributed by atoms with Crippen LogP contribution in [0.3, 0.4) is 0 Å². The van der Waals surface area contributed by atoms with Crippen LogP contribution in [0.15, 0.2) is 59.0 Å². The molecule has 0 saturated heterocycles. The Balaban J connectivity index is 1.74. The normalized spacial score (nSPS) is 11.0. The molecule has 0 saturated carbocycles. The minimum Gasteiger partial charge on any atom is -0.478 e. The van der Waals surface area contributed by atoms with Gasteiger partial charge in [-0.3, -0.25) is 4.79 Å². The maximum atomic E-state index is 12.2. The van der Waals surface area contributed by atoms with Gasteiger partial charge in [0.2, 0.25) is 5.91 Å². The standard InChI is InChI=1S/C21H15Cl2NO4/c1-12-14(21(26)27)4-3-7-17(12)24-19(25)11-9-13-8-10-18(28-13)15-5-2-6-16(22)20(15)23/h2-11H,1H3,(H,24,25)(H,26,27)/b11-9+. The molecule has 0 aliphatic carbocycles. The van der Waals surface area contributed by atoms with Gasteiger partial charge in [0.15, 0.2) is 0 Å². The third kappa shape index (κ3) is 4.27. The van der Waals surface area contributed by atoms with Crippen LogP contribution in [0, 0.1) is 6.92 Å². The maximum Gasteiger partial charge on any atom is 0.336 e. The Morgan fingerprint density at radius 1 is 1.07 bits per heavy atom. The van der Waals surface area contributed by atoms with E-state index < -0.39 is 11.9 Å². The van der Waals surface area contributed by atoms with Crippen molar-refractivity contribution < 1.29 is 19.1 Å². The molecule has 1 aromatic heterocycles. The summed E-state index contributed by atoms with van der Waals surface area (Å²) in [6, 6.07) is 13.4. The van der Waals surface area contributed by atoms with Crippen molar-refractivity contribution in [3.05, 3.63) is 81.5 Å². The number of benzene rings is 2. The zero-order valence-electron chi connectivity index (χ0n) is 14.7. The molecule has 2 N–H and O–H groups in total. The van der Waals surface area contributed by atoms with E-state index in [1.54, 1.807) is 49.4 Å². The lowest BCUT2D eigenvalue weighted by molar-refractivity contribution is -0.111. The number of halogens is 2. The first-order valence-corrected chi connectivity index (χ1v) is 8.98. The number of carboxylic acid groups (broad SMARTS) is 1. The first-order chi connectivity index (χ1) is 13.4. The highest BCUT2D eigenvalue weighted by atomic mass is 35.5. The van der Waals surface area contributed by atoms with Crippen LogP contribution in [-0.4, -0.2) is 17.0 Å². The van der Waals surface area contributed by atoms with Crippen LogP contribution in [0.1, 0.15) is 21.7 Å². The minimum absolute atomic E-state index is 0.135. The average molecular weight is 416 g/mol. The van der Waals surface area contributed by atoms with Crippen molar-refractivity contribution in [3.63, 3.8) is 0 Å². The van der Waals surface area contributed by atoms with Crippen LogP contribution in [0.2, 0.25) is 10.0 Å². The molecule has 0 atom stereocenters. The molecule has 0 unspecified atom stereocenters. The monoisotopic (exact) mass is 415 g/mol. The largest absolute Gasteiger partial charge is 0.478 e. The van der Waals surface area contributed by atoms with E-state index in [1.165, 1.54) is 18.2 Å². The SMILES string of the molecule is Cc1c(NC(=O)/C=C/c2ccc(-c3cccc(Cl)c3Cl)o2)cccc1C(=O)O. The van der Waals surface area contributed by atoms with Crippen LogP contribution in [-0.2, 0) is 4.79 Å². The summed E-state index contributed by atoms with van der Waals surface area (Å²) < 4.78 is 5.69. The van der Waals surface area contributed by atoms with Gasteiger partial charge in [-0.15, -0.1) is 0 Å². The molecule has 2 aromatic carbocycles. The Kier molecular flexibility index (Phi) is 5.87. The number of hydrogen-bond donors (Lipinski definition) is 2. The third-order valence-corrected chi connectivity index (χ3v) is 4.88. The van der Waals surface area contributed by atoms with E-state index >= 15 is 0 Å². The Bertz CT molecular complexity index is 1090. The first-order valence-electron chi connectivity index (χ1n) is 8.23. The number of furan rings is 1. The zero-order chi connectivity index (χ0) is 20.3. The molecule has 1 amide bonds. The number of anilines is 1. The van der Waals surface area contributed by atoms with Gasteiger partial charge in [0.25, 0.3) is 0 Å². The van der Waals surface area contributed by atoms with Gasteiger partial charge in [-0.25, -0.2) is 4.79 Å². The molecule has 0 bridgehead atoms. The number of aromatic carboxylic acids is 1. The third-order valence-electron chi connectivity index (χ3n) is 4.06. The molecule has 142 valence electrons. The summed E-state index contributed by atoms with van der Waals surface area (Å²) in [4.78, 5) is 23.3. The Hall–Kier alpha value is -3.02. The minimum atomic E-state index is -1.05. The molecule has 5 nitrogen and oxygen atoms in total. The lowest BCUT2D eigenvalue weighted by Crippen LogP contribution is -2.11. The first kappa shape index (κ1) is 19.7. The number of carboxylic acids is 1. The number of carbonyl (C=O) groups is 2. The molecular weight excluding hydrogens is 401 g/mol. The summed E-state index contributed by atoms with van der Waals surface area (Å²) in [5, 5.41) is 12.6. The van der Waals surface area contributed by atoms with Crippen LogP contribution < -0.4 is 5.32 Å². The zero-order valence-corrected chi connectivity index (χ0v) is 16.2. The summed E-state index contributed by atoms with van der Waals surface area (Å²) in [6.07, 6.45) is 2.81. The molecular formula is C21H15Cl2NO4. The van der Waals surface area contributed by atoms with E-state index in [2.05, 4.69) is 5.32 Å². The maximum absolute atomic E-state index is 12.2. The lowest BCUT2D eigenvalue weighted by Gasteiger charge is -2.08. The van der Waals surface area contributed by atoms with Gasteiger partial charge >= 0.3 is 5.97 Å². The van der Waals surface area contributed by atoms with E-state index in [0.29, 0.717) is 38.4 Å². The van der Waals surface area contributed by atoms with Gasteiger partial charge < -0.3 is 14.8 Å². The predicted molar refractivity (Wildman–Crippen MR) is 110 cm³/mol. The van der Waals surface area contributed by atoms with Crippen LogP contribution >= 0.6 is 23.2 Å². The second-order valence-electron chi connectivity index (χ2n) is 5.91. The van der Waals surface area contributed by atoms with Gasteiger partial charge in [-0.2, -0.15) is 0 Å². The van der Waals surface area contributed by atoms with Gasteiger partial charge in [-0.05, 0) is 55.0 Å². The van der Waals surface area contributed by atoms with Gasteiger partial charge in [-0.1, -0.05) is 35.3 Å². The van der Waals surface area contributed by atoms with Gasteiger partial charge in [0, 0.05) is 17.3 Å². The van der Waals surface area contributed by atoms with Crippen molar-refractivity contribution in [3.8, 4) is 11.3 Å². The molecule has 0 radical (unpaired) electrons. The molecule has 28 heavy (non-hydrogen) atoms. The molecule has 1 heterocycles. The van der Waals surface area contributed by atoms with Crippen LogP contribution in [0.4, 0.5) is 5.69 Å². The summed E-state index contributed by atoms with van der Waals surface area (Å²) >= 11 is 12.2. The van der Waals surface area contributed by atoms with Crippen molar-refractivity contribution in [1.82, 2.24) is 0 Å². The highest BCUT2D eigenvalue weighted by Gasteiger charge is 2.12. The van der Waals surface area contributed by atoms with E-state index in [-0.39, 0.29) is 5.56 Å². The van der Waals surface area contributed by atoms with E-state index in [0.717, 1.165) is 0 Å². The molecule has 3 rings (SSSR count).